The Morgan fingerprint density at radius 2 is 2.25 bits per heavy atom. The van der Waals surface area contributed by atoms with Crippen molar-refractivity contribution in [3.63, 3.8) is 0 Å². The predicted molar refractivity (Wildman–Crippen MR) is 47.0 cm³/mol. The fourth-order valence-corrected chi connectivity index (χ4v) is 2.40. The first-order chi connectivity index (χ1) is 5.81. The summed E-state index contributed by atoms with van der Waals surface area (Å²) >= 11 is 0. The normalized spacial score (nSPS) is 38.5. The van der Waals surface area contributed by atoms with E-state index in [1.807, 2.05) is 7.05 Å². The van der Waals surface area contributed by atoms with Gasteiger partial charge in [-0.1, -0.05) is 0 Å². The van der Waals surface area contributed by atoms with E-state index in [4.69, 9.17) is 0 Å². The number of nitrogens with zero attached hydrogens (tertiary/aromatic N) is 2. The summed E-state index contributed by atoms with van der Waals surface area (Å²) in [7, 11) is 2.04. The van der Waals surface area contributed by atoms with Gasteiger partial charge in [-0.15, -0.1) is 0 Å². The maximum atomic E-state index is 12.5. The predicted octanol–water partition coefficient (Wildman–Crippen LogP) is 0.734. The highest BCUT2D eigenvalue weighted by Gasteiger charge is 2.34. The van der Waals surface area contributed by atoms with Crippen LogP contribution in [-0.4, -0.2) is 55.2 Å². The molecule has 0 N–H and O–H groups in total. The Hall–Kier alpha value is -0.150. The van der Waals surface area contributed by atoms with Gasteiger partial charge in [0.1, 0.15) is 6.67 Å². The zero-order valence-corrected chi connectivity index (χ0v) is 7.67. The SMILES string of the molecule is CN1CC2CCCN2CC1CF. The number of hydrogen-bond donors (Lipinski definition) is 0. The van der Waals surface area contributed by atoms with Gasteiger partial charge in [-0.2, -0.15) is 0 Å². The van der Waals surface area contributed by atoms with Gasteiger partial charge in [0.05, 0.1) is 6.04 Å². The molecule has 0 saturated carbocycles. The Balaban J connectivity index is 1.98. The van der Waals surface area contributed by atoms with Crippen molar-refractivity contribution in [2.75, 3.05) is 33.4 Å². The van der Waals surface area contributed by atoms with Crippen LogP contribution in [-0.2, 0) is 0 Å². The summed E-state index contributed by atoms with van der Waals surface area (Å²) in [6.45, 7) is 3.00. The van der Waals surface area contributed by atoms with Gasteiger partial charge < -0.3 is 0 Å². The van der Waals surface area contributed by atoms with E-state index >= 15 is 0 Å². The Bertz CT molecular complexity index is 163. The van der Waals surface area contributed by atoms with Gasteiger partial charge in [-0.3, -0.25) is 9.80 Å². The molecule has 2 heterocycles. The number of piperazine rings is 1. The first kappa shape index (κ1) is 8.45. The highest BCUT2D eigenvalue weighted by atomic mass is 19.1. The number of hydrogen-bond acceptors (Lipinski definition) is 2. The summed E-state index contributed by atoms with van der Waals surface area (Å²) in [5, 5.41) is 0. The first-order valence-electron chi connectivity index (χ1n) is 4.81. The lowest BCUT2D eigenvalue weighted by Gasteiger charge is -2.40. The summed E-state index contributed by atoms with van der Waals surface area (Å²) in [6, 6.07) is 0.872. The van der Waals surface area contributed by atoms with Gasteiger partial charge in [0.2, 0.25) is 0 Å². The molecule has 0 spiro atoms. The molecule has 0 aromatic carbocycles. The number of halogens is 1. The molecule has 2 fully saturated rings. The van der Waals surface area contributed by atoms with Gasteiger partial charge in [-0.25, -0.2) is 4.39 Å². The third kappa shape index (κ3) is 1.36. The van der Waals surface area contributed by atoms with Crippen LogP contribution in [0.2, 0.25) is 0 Å². The van der Waals surface area contributed by atoms with E-state index in [-0.39, 0.29) is 12.7 Å². The third-order valence-electron chi connectivity index (χ3n) is 3.24. The van der Waals surface area contributed by atoms with Crippen LogP contribution in [0.1, 0.15) is 12.8 Å². The highest BCUT2D eigenvalue weighted by molar-refractivity contribution is 4.90. The van der Waals surface area contributed by atoms with Crippen molar-refractivity contribution in [3.05, 3.63) is 0 Å². The van der Waals surface area contributed by atoms with Crippen molar-refractivity contribution in [2.45, 2.75) is 24.9 Å². The largest absolute Gasteiger partial charge is 0.298 e. The number of fused-ring (bicyclic) bond motifs is 1. The van der Waals surface area contributed by atoms with Crippen molar-refractivity contribution >= 4 is 0 Å². The number of alkyl halides is 1. The topological polar surface area (TPSA) is 6.48 Å². The molecule has 2 atom stereocenters. The average molecular weight is 172 g/mol. The third-order valence-corrected chi connectivity index (χ3v) is 3.24. The molecule has 0 amide bonds. The van der Waals surface area contributed by atoms with Crippen LogP contribution in [0, 0.1) is 0 Å². The Morgan fingerprint density at radius 3 is 3.00 bits per heavy atom. The van der Waals surface area contributed by atoms with Crippen molar-refractivity contribution in [1.29, 1.82) is 0 Å². The second kappa shape index (κ2) is 3.30. The van der Waals surface area contributed by atoms with E-state index in [1.165, 1.54) is 19.4 Å². The molecule has 0 aliphatic carbocycles. The van der Waals surface area contributed by atoms with Crippen molar-refractivity contribution in [2.24, 2.45) is 0 Å². The van der Waals surface area contributed by atoms with Gasteiger partial charge in [-0.05, 0) is 26.4 Å². The molecule has 12 heavy (non-hydrogen) atoms. The molecular weight excluding hydrogens is 155 g/mol. The monoisotopic (exact) mass is 172 g/mol. The zero-order valence-electron chi connectivity index (χ0n) is 7.67. The van der Waals surface area contributed by atoms with E-state index in [0.29, 0.717) is 0 Å². The molecule has 2 nitrogen and oxygen atoms in total. The molecule has 2 unspecified atom stereocenters. The summed E-state index contributed by atoms with van der Waals surface area (Å²) in [5.74, 6) is 0. The highest BCUT2D eigenvalue weighted by Crippen LogP contribution is 2.23. The quantitative estimate of drug-likeness (QED) is 0.575. The Kier molecular flexibility index (Phi) is 2.33. The Labute approximate surface area is 73.3 Å². The lowest BCUT2D eigenvalue weighted by molar-refractivity contribution is 0.0577. The summed E-state index contributed by atoms with van der Waals surface area (Å²) in [4.78, 5) is 4.62. The van der Waals surface area contributed by atoms with E-state index < -0.39 is 0 Å². The maximum Gasteiger partial charge on any atom is 0.106 e. The minimum absolute atomic E-state index is 0.152. The molecule has 0 aromatic heterocycles. The van der Waals surface area contributed by atoms with Crippen molar-refractivity contribution < 1.29 is 4.39 Å². The summed E-state index contributed by atoms with van der Waals surface area (Å²) in [6.07, 6.45) is 2.61. The maximum absolute atomic E-state index is 12.5. The molecule has 0 aromatic rings. The fourth-order valence-electron chi connectivity index (χ4n) is 2.40. The van der Waals surface area contributed by atoms with Crippen LogP contribution in [0.15, 0.2) is 0 Å². The minimum Gasteiger partial charge on any atom is -0.298 e. The van der Waals surface area contributed by atoms with Crippen molar-refractivity contribution in [3.8, 4) is 0 Å². The fraction of sp³-hybridized carbons (Fsp3) is 1.00. The number of likely N-dealkylation sites (N-methyl/N-ethyl adjacent to an activating group) is 1. The smallest absolute Gasteiger partial charge is 0.106 e. The lowest BCUT2D eigenvalue weighted by Crippen LogP contribution is -2.55. The first-order valence-corrected chi connectivity index (χ1v) is 4.81. The summed E-state index contributed by atoms with van der Waals surface area (Å²) < 4.78 is 12.5. The van der Waals surface area contributed by atoms with Crippen LogP contribution >= 0.6 is 0 Å². The molecule has 2 rings (SSSR count). The van der Waals surface area contributed by atoms with Gasteiger partial charge in [0, 0.05) is 19.1 Å². The van der Waals surface area contributed by atoms with E-state index in [1.54, 1.807) is 0 Å². The van der Waals surface area contributed by atoms with Crippen LogP contribution < -0.4 is 0 Å². The standard InChI is InChI=1S/C9H17FN2/c1-11-6-8-3-2-4-12(8)7-9(11)5-10/h8-9H,2-7H2,1H3. The van der Waals surface area contributed by atoms with Crippen molar-refractivity contribution in [1.82, 2.24) is 9.80 Å². The number of rotatable bonds is 1. The second-order valence-electron chi connectivity index (χ2n) is 4.04. The molecule has 2 saturated heterocycles. The van der Waals surface area contributed by atoms with E-state index in [2.05, 4.69) is 9.80 Å². The van der Waals surface area contributed by atoms with E-state index in [9.17, 15) is 4.39 Å². The lowest BCUT2D eigenvalue weighted by atomic mass is 10.1. The average Bonchev–Trinajstić information content (AvgIpc) is 2.49. The Morgan fingerprint density at radius 1 is 1.42 bits per heavy atom. The molecule has 70 valence electrons. The van der Waals surface area contributed by atoms with Gasteiger partial charge >= 0.3 is 0 Å². The molecule has 0 bridgehead atoms. The van der Waals surface area contributed by atoms with Crippen LogP contribution in [0.3, 0.4) is 0 Å². The molecule has 2 aliphatic heterocycles. The van der Waals surface area contributed by atoms with Gasteiger partial charge in [0.15, 0.2) is 0 Å². The second-order valence-corrected chi connectivity index (χ2v) is 4.04. The molecule has 3 heteroatoms. The zero-order chi connectivity index (χ0) is 8.55. The van der Waals surface area contributed by atoms with Crippen LogP contribution in [0.25, 0.3) is 0 Å². The summed E-state index contributed by atoms with van der Waals surface area (Å²) in [5.41, 5.74) is 0. The van der Waals surface area contributed by atoms with Gasteiger partial charge in [0.25, 0.3) is 0 Å². The molecule has 2 aliphatic rings. The van der Waals surface area contributed by atoms with E-state index in [0.717, 1.165) is 19.1 Å². The molecule has 0 radical (unpaired) electrons. The molecular formula is C9H17FN2. The minimum atomic E-state index is -0.195. The van der Waals surface area contributed by atoms with Crippen LogP contribution in [0.5, 0.6) is 0 Å². The van der Waals surface area contributed by atoms with Crippen LogP contribution in [0.4, 0.5) is 4.39 Å².